The third kappa shape index (κ3) is 5.75. The molecule has 0 atom stereocenters. The van der Waals surface area contributed by atoms with Gasteiger partial charge in [0.25, 0.3) is 5.91 Å². The molecule has 3 rings (SSSR count). The minimum Gasteiger partial charge on any atom is -0.395 e. The number of halogens is 2. The van der Waals surface area contributed by atoms with Crippen molar-refractivity contribution >= 4 is 5.91 Å². The van der Waals surface area contributed by atoms with Crippen molar-refractivity contribution in [3.63, 3.8) is 0 Å². The van der Waals surface area contributed by atoms with Crippen LogP contribution in [-0.4, -0.2) is 34.3 Å². The Balaban J connectivity index is 0.000000187. The van der Waals surface area contributed by atoms with Crippen molar-refractivity contribution < 1.29 is 23.2 Å². The number of alkyl halides is 1. The first-order valence-corrected chi connectivity index (χ1v) is 7.70. The molecule has 0 spiro atoms. The summed E-state index contributed by atoms with van der Waals surface area (Å²) in [5, 5.41) is 14.6. The van der Waals surface area contributed by atoms with Gasteiger partial charge in [0, 0.05) is 17.7 Å². The average molecular weight is 361 g/mol. The molecule has 2 aromatic carbocycles. The van der Waals surface area contributed by atoms with E-state index < -0.39 is 6.67 Å². The second-order valence-electron chi connectivity index (χ2n) is 5.07. The van der Waals surface area contributed by atoms with E-state index in [0.29, 0.717) is 17.0 Å². The number of hydrogen-bond acceptors (Lipinski definition) is 5. The molecule has 0 bridgehead atoms. The molecule has 6 nitrogen and oxygen atoms in total. The topological polar surface area (TPSA) is 88.2 Å². The SMILES string of the molecule is FCc1ccc(-c2ncon2)cc1.O=C(NCCO)c1ccc(F)cc1. The van der Waals surface area contributed by atoms with Gasteiger partial charge in [-0.05, 0) is 29.8 Å². The van der Waals surface area contributed by atoms with Crippen LogP contribution in [0, 0.1) is 5.82 Å². The summed E-state index contributed by atoms with van der Waals surface area (Å²) in [4.78, 5) is 15.0. The van der Waals surface area contributed by atoms with Gasteiger partial charge in [-0.15, -0.1) is 0 Å². The Bertz CT molecular complexity index is 792. The lowest BCUT2D eigenvalue weighted by Gasteiger charge is -2.01. The molecule has 8 heteroatoms. The van der Waals surface area contributed by atoms with Crippen LogP contribution in [0.5, 0.6) is 0 Å². The lowest BCUT2D eigenvalue weighted by Crippen LogP contribution is -2.26. The molecule has 0 radical (unpaired) electrons. The third-order valence-corrected chi connectivity index (χ3v) is 3.23. The number of aliphatic hydroxyl groups excluding tert-OH is 1. The highest BCUT2D eigenvalue weighted by Gasteiger charge is 2.03. The summed E-state index contributed by atoms with van der Waals surface area (Å²) < 4.78 is 29.2. The molecule has 26 heavy (non-hydrogen) atoms. The van der Waals surface area contributed by atoms with Crippen molar-refractivity contribution in [3.8, 4) is 11.4 Å². The molecule has 0 saturated heterocycles. The highest BCUT2D eigenvalue weighted by atomic mass is 19.1. The molecule has 0 unspecified atom stereocenters. The molecular formula is C18H17F2N3O3. The molecule has 0 saturated carbocycles. The summed E-state index contributed by atoms with van der Waals surface area (Å²) in [5.41, 5.74) is 1.85. The third-order valence-electron chi connectivity index (χ3n) is 3.23. The Labute approximate surface area is 148 Å². The predicted molar refractivity (Wildman–Crippen MR) is 90.4 cm³/mol. The van der Waals surface area contributed by atoms with Gasteiger partial charge < -0.3 is 14.9 Å². The van der Waals surface area contributed by atoms with Crippen LogP contribution < -0.4 is 5.32 Å². The summed E-state index contributed by atoms with van der Waals surface area (Å²) >= 11 is 0. The largest absolute Gasteiger partial charge is 0.395 e. The van der Waals surface area contributed by atoms with E-state index in [2.05, 4.69) is 20.0 Å². The number of rotatable bonds is 5. The fraction of sp³-hybridized carbons (Fsp3) is 0.167. The van der Waals surface area contributed by atoms with E-state index >= 15 is 0 Å². The van der Waals surface area contributed by atoms with E-state index in [-0.39, 0.29) is 24.9 Å². The maximum Gasteiger partial charge on any atom is 0.251 e. The maximum atomic E-state index is 12.4. The van der Waals surface area contributed by atoms with Crippen LogP contribution in [0.3, 0.4) is 0 Å². The zero-order valence-electron chi connectivity index (χ0n) is 13.7. The number of hydrogen-bond donors (Lipinski definition) is 2. The lowest BCUT2D eigenvalue weighted by atomic mass is 10.1. The molecule has 0 fully saturated rings. The fourth-order valence-corrected chi connectivity index (χ4v) is 1.91. The summed E-state index contributed by atoms with van der Waals surface area (Å²) in [6.45, 7) is -0.352. The Morgan fingerprint density at radius 1 is 1.12 bits per heavy atom. The number of benzene rings is 2. The molecule has 136 valence electrons. The zero-order chi connectivity index (χ0) is 18.8. The quantitative estimate of drug-likeness (QED) is 0.730. The van der Waals surface area contributed by atoms with Crippen LogP contribution in [-0.2, 0) is 6.67 Å². The van der Waals surface area contributed by atoms with Gasteiger partial charge in [0.1, 0.15) is 12.5 Å². The van der Waals surface area contributed by atoms with Crippen LogP contribution >= 0.6 is 0 Å². The lowest BCUT2D eigenvalue weighted by molar-refractivity contribution is 0.0944. The van der Waals surface area contributed by atoms with Crippen molar-refractivity contribution in [2.24, 2.45) is 0 Å². The van der Waals surface area contributed by atoms with Crippen LogP contribution in [0.1, 0.15) is 15.9 Å². The zero-order valence-corrected chi connectivity index (χ0v) is 13.7. The standard InChI is InChI=1S/C9H7FN2O.C9H10FNO2/c10-5-7-1-3-8(4-2-7)9-11-6-13-12-9;10-8-3-1-7(2-4-8)9(13)11-5-6-12/h1-4,6H,5H2;1-4,12H,5-6H2,(H,11,13). The first-order valence-electron chi connectivity index (χ1n) is 7.70. The number of amides is 1. The van der Waals surface area contributed by atoms with Crippen molar-refractivity contribution in [1.29, 1.82) is 0 Å². The number of carbonyl (C=O) groups is 1. The van der Waals surface area contributed by atoms with Gasteiger partial charge in [-0.2, -0.15) is 4.98 Å². The van der Waals surface area contributed by atoms with Gasteiger partial charge in [-0.1, -0.05) is 29.4 Å². The second-order valence-corrected chi connectivity index (χ2v) is 5.07. The number of nitrogens with one attached hydrogen (secondary N) is 1. The Morgan fingerprint density at radius 3 is 2.35 bits per heavy atom. The molecule has 0 aliphatic carbocycles. The Morgan fingerprint density at radius 2 is 1.81 bits per heavy atom. The van der Waals surface area contributed by atoms with Gasteiger partial charge in [0.2, 0.25) is 12.2 Å². The van der Waals surface area contributed by atoms with E-state index in [1.807, 2.05) is 0 Å². The predicted octanol–water partition coefficient (Wildman–Crippen LogP) is 2.75. The molecule has 1 heterocycles. The van der Waals surface area contributed by atoms with E-state index in [9.17, 15) is 13.6 Å². The molecule has 0 aliphatic heterocycles. The van der Waals surface area contributed by atoms with Crippen LogP contribution in [0.25, 0.3) is 11.4 Å². The number of aliphatic hydroxyl groups is 1. The van der Waals surface area contributed by atoms with E-state index in [1.165, 1.54) is 30.7 Å². The van der Waals surface area contributed by atoms with Crippen molar-refractivity contribution in [2.45, 2.75) is 6.67 Å². The summed E-state index contributed by atoms with van der Waals surface area (Å²) in [5.74, 6) is -0.168. The van der Waals surface area contributed by atoms with Crippen LogP contribution in [0.4, 0.5) is 8.78 Å². The van der Waals surface area contributed by atoms with Gasteiger partial charge in [0.15, 0.2) is 0 Å². The minimum absolute atomic E-state index is 0.104. The fourth-order valence-electron chi connectivity index (χ4n) is 1.91. The van der Waals surface area contributed by atoms with Crippen molar-refractivity contribution in [2.75, 3.05) is 13.2 Å². The smallest absolute Gasteiger partial charge is 0.251 e. The molecule has 0 aliphatic rings. The normalized spacial score (nSPS) is 9.96. The van der Waals surface area contributed by atoms with E-state index in [0.717, 1.165) is 5.56 Å². The monoisotopic (exact) mass is 361 g/mol. The van der Waals surface area contributed by atoms with Crippen molar-refractivity contribution in [1.82, 2.24) is 15.5 Å². The molecular weight excluding hydrogens is 344 g/mol. The first kappa shape index (κ1) is 19.2. The van der Waals surface area contributed by atoms with E-state index in [1.54, 1.807) is 24.3 Å². The highest BCUT2D eigenvalue weighted by molar-refractivity contribution is 5.94. The molecule has 1 amide bonds. The summed E-state index contributed by atoms with van der Waals surface area (Å²) in [6.07, 6.45) is 1.26. The molecule has 2 N–H and O–H groups in total. The average Bonchev–Trinajstić information content (AvgIpc) is 3.22. The van der Waals surface area contributed by atoms with Crippen molar-refractivity contribution in [3.05, 3.63) is 71.9 Å². The number of aromatic nitrogens is 2. The van der Waals surface area contributed by atoms with Gasteiger partial charge in [-0.25, -0.2) is 8.78 Å². The van der Waals surface area contributed by atoms with Gasteiger partial charge >= 0.3 is 0 Å². The van der Waals surface area contributed by atoms with Crippen LogP contribution in [0.2, 0.25) is 0 Å². The van der Waals surface area contributed by atoms with E-state index in [4.69, 9.17) is 5.11 Å². The summed E-state index contributed by atoms with van der Waals surface area (Å²) in [6, 6.07) is 12.1. The van der Waals surface area contributed by atoms with Crippen LogP contribution in [0.15, 0.2) is 59.4 Å². The second kappa shape index (κ2) is 10.00. The number of nitrogens with zero attached hydrogens (tertiary/aromatic N) is 2. The highest BCUT2D eigenvalue weighted by Crippen LogP contribution is 2.15. The molecule has 3 aromatic rings. The molecule has 1 aromatic heterocycles. The minimum atomic E-state index is -0.452. The Kier molecular flexibility index (Phi) is 7.38. The van der Waals surface area contributed by atoms with Gasteiger partial charge in [-0.3, -0.25) is 4.79 Å². The Hall–Kier alpha value is -3.13. The summed E-state index contributed by atoms with van der Waals surface area (Å²) in [7, 11) is 0. The maximum absolute atomic E-state index is 12.4. The number of carbonyl (C=O) groups excluding carboxylic acids is 1. The van der Waals surface area contributed by atoms with Gasteiger partial charge in [0.05, 0.1) is 6.61 Å². The first-order chi connectivity index (χ1) is 12.6.